The first-order valence-corrected chi connectivity index (χ1v) is 8.40. The first-order chi connectivity index (χ1) is 12.2. The molecule has 0 spiro atoms. The van der Waals surface area contributed by atoms with Gasteiger partial charge in [-0.15, -0.1) is 0 Å². The molecule has 0 unspecified atom stereocenters. The van der Waals surface area contributed by atoms with Gasteiger partial charge in [-0.25, -0.2) is 4.98 Å². The van der Waals surface area contributed by atoms with Crippen molar-refractivity contribution in [1.29, 1.82) is 0 Å². The Hall–Kier alpha value is -2.86. The van der Waals surface area contributed by atoms with Crippen molar-refractivity contribution >= 4 is 28.3 Å². The Morgan fingerprint density at radius 2 is 2.04 bits per heavy atom. The van der Waals surface area contributed by atoms with Crippen LogP contribution in [-0.4, -0.2) is 42.2 Å². The molecule has 6 heteroatoms. The summed E-state index contributed by atoms with van der Waals surface area (Å²) in [4.78, 5) is 22.7. The van der Waals surface area contributed by atoms with Crippen molar-refractivity contribution in [3.8, 4) is 0 Å². The topological polar surface area (TPSA) is 70.2 Å². The lowest BCUT2D eigenvalue weighted by atomic mass is 10.1. The fraction of sp³-hybridized carbons (Fsp3) is 0.263. The van der Waals surface area contributed by atoms with E-state index >= 15 is 0 Å². The quantitative estimate of drug-likeness (QED) is 0.771. The second kappa shape index (κ2) is 6.57. The van der Waals surface area contributed by atoms with Crippen molar-refractivity contribution in [1.82, 2.24) is 9.97 Å². The number of nitrogens with zero attached hydrogens (tertiary/aromatic N) is 2. The van der Waals surface area contributed by atoms with Crippen LogP contribution in [0.3, 0.4) is 0 Å². The Bertz CT molecular complexity index is 913. The number of fused-ring (bicyclic) bond motifs is 1. The van der Waals surface area contributed by atoms with E-state index in [2.05, 4.69) is 20.2 Å². The molecule has 0 aliphatic carbocycles. The van der Waals surface area contributed by atoms with Gasteiger partial charge >= 0.3 is 0 Å². The van der Waals surface area contributed by atoms with Crippen molar-refractivity contribution in [2.24, 2.45) is 0 Å². The van der Waals surface area contributed by atoms with Crippen molar-refractivity contribution < 1.29 is 9.53 Å². The van der Waals surface area contributed by atoms with Gasteiger partial charge in [0.2, 0.25) is 0 Å². The van der Waals surface area contributed by atoms with Gasteiger partial charge in [-0.05, 0) is 37.3 Å². The van der Waals surface area contributed by atoms with Gasteiger partial charge in [0.15, 0.2) is 0 Å². The van der Waals surface area contributed by atoms with Crippen LogP contribution in [0.25, 0.3) is 10.9 Å². The fourth-order valence-electron chi connectivity index (χ4n) is 3.12. The van der Waals surface area contributed by atoms with Gasteiger partial charge in [-0.3, -0.25) is 4.79 Å². The maximum atomic E-state index is 12.7. The summed E-state index contributed by atoms with van der Waals surface area (Å²) in [6.45, 7) is 5.04. The van der Waals surface area contributed by atoms with Gasteiger partial charge in [-0.2, -0.15) is 0 Å². The second-order valence-electron chi connectivity index (χ2n) is 6.10. The molecule has 0 radical (unpaired) electrons. The molecular weight excluding hydrogens is 316 g/mol. The molecular formula is C19H20N4O2. The number of benzene rings is 1. The lowest BCUT2D eigenvalue weighted by Crippen LogP contribution is -2.36. The maximum Gasteiger partial charge on any atom is 0.256 e. The third-order valence-electron chi connectivity index (χ3n) is 4.49. The standard InChI is InChI=1S/C19H20N4O2/c1-13-16(5-6-18(21-13)23-9-11-25-12-10-23)22-19(24)15-3-2-4-17-14(15)7-8-20-17/h2-8,20H,9-12H2,1H3,(H,22,24). The molecule has 1 amide bonds. The number of aromatic amines is 1. The minimum Gasteiger partial charge on any atom is -0.378 e. The molecule has 6 nitrogen and oxygen atoms in total. The molecule has 1 aromatic carbocycles. The maximum absolute atomic E-state index is 12.7. The predicted octanol–water partition coefficient (Wildman–Crippen LogP) is 2.96. The van der Waals surface area contributed by atoms with Crippen LogP contribution < -0.4 is 10.2 Å². The van der Waals surface area contributed by atoms with Crippen LogP contribution in [0.2, 0.25) is 0 Å². The average molecular weight is 336 g/mol. The molecule has 25 heavy (non-hydrogen) atoms. The van der Waals surface area contributed by atoms with E-state index in [1.165, 1.54) is 0 Å². The Labute approximate surface area is 145 Å². The number of carbonyl (C=O) groups is 1. The molecule has 1 saturated heterocycles. The van der Waals surface area contributed by atoms with Crippen molar-refractivity contribution in [3.63, 3.8) is 0 Å². The van der Waals surface area contributed by atoms with Crippen molar-refractivity contribution in [3.05, 3.63) is 53.9 Å². The highest BCUT2D eigenvalue weighted by atomic mass is 16.5. The summed E-state index contributed by atoms with van der Waals surface area (Å²) < 4.78 is 5.38. The summed E-state index contributed by atoms with van der Waals surface area (Å²) in [6, 6.07) is 11.4. The van der Waals surface area contributed by atoms with Gasteiger partial charge in [0.1, 0.15) is 5.82 Å². The number of H-pyrrole nitrogens is 1. The zero-order valence-corrected chi connectivity index (χ0v) is 14.1. The minimum absolute atomic E-state index is 0.130. The molecule has 1 aliphatic rings. The third kappa shape index (κ3) is 3.08. The van der Waals surface area contributed by atoms with Crippen LogP contribution in [0.1, 0.15) is 16.1 Å². The summed E-state index contributed by atoms with van der Waals surface area (Å²) in [5.74, 6) is 0.792. The van der Waals surface area contributed by atoms with Gasteiger partial charge in [-0.1, -0.05) is 6.07 Å². The van der Waals surface area contributed by atoms with E-state index < -0.39 is 0 Å². The summed E-state index contributed by atoms with van der Waals surface area (Å²) in [7, 11) is 0. The number of rotatable bonds is 3. The number of pyridine rings is 1. The molecule has 2 aromatic heterocycles. The summed E-state index contributed by atoms with van der Waals surface area (Å²) >= 11 is 0. The molecule has 2 N–H and O–H groups in total. The van der Waals surface area contributed by atoms with E-state index in [4.69, 9.17) is 4.74 Å². The van der Waals surface area contributed by atoms with Crippen LogP contribution in [0.5, 0.6) is 0 Å². The number of amides is 1. The highest BCUT2D eigenvalue weighted by Crippen LogP contribution is 2.22. The third-order valence-corrected chi connectivity index (χ3v) is 4.49. The molecule has 128 valence electrons. The highest BCUT2D eigenvalue weighted by molar-refractivity contribution is 6.12. The first kappa shape index (κ1) is 15.7. The number of carbonyl (C=O) groups excluding carboxylic acids is 1. The van der Waals surface area contributed by atoms with Crippen LogP contribution >= 0.6 is 0 Å². The van der Waals surface area contributed by atoms with Crippen LogP contribution in [0, 0.1) is 6.92 Å². The van der Waals surface area contributed by atoms with E-state index in [0.717, 1.165) is 54.4 Å². The Kier molecular flexibility index (Phi) is 4.11. The number of nitrogens with one attached hydrogen (secondary N) is 2. The first-order valence-electron chi connectivity index (χ1n) is 8.40. The lowest BCUT2D eigenvalue weighted by Gasteiger charge is -2.28. The van der Waals surface area contributed by atoms with Gasteiger partial charge in [0.05, 0.1) is 24.6 Å². The van der Waals surface area contributed by atoms with Crippen molar-refractivity contribution in [2.75, 3.05) is 36.5 Å². The summed E-state index contributed by atoms with van der Waals surface area (Å²) in [5, 5.41) is 3.89. The molecule has 0 atom stereocenters. The van der Waals surface area contributed by atoms with Crippen LogP contribution in [0.15, 0.2) is 42.6 Å². The highest BCUT2D eigenvalue weighted by Gasteiger charge is 2.15. The number of hydrogen-bond acceptors (Lipinski definition) is 4. The number of morpholine rings is 1. The van der Waals surface area contributed by atoms with E-state index in [9.17, 15) is 4.79 Å². The monoisotopic (exact) mass is 336 g/mol. The second-order valence-corrected chi connectivity index (χ2v) is 6.10. The van der Waals surface area contributed by atoms with E-state index in [1.807, 2.05) is 49.5 Å². The minimum atomic E-state index is -0.130. The molecule has 3 heterocycles. The van der Waals surface area contributed by atoms with E-state index in [-0.39, 0.29) is 5.91 Å². The normalized spacial score (nSPS) is 14.7. The Morgan fingerprint density at radius 1 is 1.20 bits per heavy atom. The smallest absolute Gasteiger partial charge is 0.256 e. The Balaban J connectivity index is 1.56. The van der Waals surface area contributed by atoms with E-state index in [1.54, 1.807) is 0 Å². The number of aromatic nitrogens is 2. The van der Waals surface area contributed by atoms with Crippen LogP contribution in [-0.2, 0) is 4.74 Å². The molecule has 4 rings (SSSR count). The predicted molar refractivity (Wildman–Crippen MR) is 98.3 cm³/mol. The zero-order chi connectivity index (χ0) is 17.2. The summed E-state index contributed by atoms with van der Waals surface area (Å²) in [5.41, 5.74) is 3.13. The summed E-state index contributed by atoms with van der Waals surface area (Å²) in [6.07, 6.45) is 1.84. The molecule has 3 aromatic rings. The SMILES string of the molecule is Cc1nc(N2CCOCC2)ccc1NC(=O)c1cccc2[nH]ccc12. The van der Waals surface area contributed by atoms with Crippen LogP contribution in [0.4, 0.5) is 11.5 Å². The lowest BCUT2D eigenvalue weighted by molar-refractivity contribution is 0.102. The fourth-order valence-corrected chi connectivity index (χ4v) is 3.12. The largest absolute Gasteiger partial charge is 0.378 e. The zero-order valence-electron chi connectivity index (χ0n) is 14.1. The number of anilines is 2. The Morgan fingerprint density at radius 3 is 2.84 bits per heavy atom. The molecule has 0 bridgehead atoms. The number of hydrogen-bond donors (Lipinski definition) is 2. The molecule has 1 aliphatic heterocycles. The number of ether oxygens (including phenoxy) is 1. The molecule has 0 saturated carbocycles. The van der Waals surface area contributed by atoms with Gasteiger partial charge < -0.3 is 19.9 Å². The van der Waals surface area contributed by atoms with E-state index in [0.29, 0.717) is 5.56 Å². The number of aryl methyl sites for hydroxylation is 1. The average Bonchev–Trinajstić information content (AvgIpc) is 3.12. The van der Waals surface area contributed by atoms with Gasteiger partial charge in [0, 0.05) is 35.8 Å². The van der Waals surface area contributed by atoms with Gasteiger partial charge in [0.25, 0.3) is 5.91 Å². The molecule has 1 fully saturated rings. The van der Waals surface area contributed by atoms with Crippen molar-refractivity contribution in [2.45, 2.75) is 6.92 Å².